The zero-order valence-corrected chi connectivity index (χ0v) is 15.1. The molecule has 1 aromatic heterocycles. The average molecular weight is 357 g/mol. The van der Waals surface area contributed by atoms with Gasteiger partial charge in [0.15, 0.2) is 0 Å². The maximum atomic E-state index is 13.0. The summed E-state index contributed by atoms with van der Waals surface area (Å²) in [6, 6.07) is 7.41. The molecule has 0 spiro atoms. The lowest BCUT2D eigenvalue weighted by Gasteiger charge is -2.34. The fraction of sp³-hybridized carbons (Fsp3) is 0.421. The highest BCUT2D eigenvalue weighted by Gasteiger charge is 2.26. The van der Waals surface area contributed by atoms with E-state index < -0.39 is 0 Å². The van der Waals surface area contributed by atoms with Crippen LogP contribution >= 0.6 is 0 Å². The number of halogens is 1. The number of carbonyl (C=O) groups excluding carboxylic acids is 1. The molecule has 0 saturated carbocycles. The Morgan fingerprint density at radius 1 is 1.35 bits per heavy atom. The van der Waals surface area contributed by atoms with Crippen LogP contribution in [0.2, 0.25) is 0 Å². The van der Waals surface area contributed by atoms with E-state index in [0.717, 1.165) is 36.7 Å². The van der Waals surface area contributed by atoms with E-state index in [9.17, 15) is 9.18 Å². The first-order chi connectivity index (χ1) is 12.5. The molecule has 1 amide bonds. The quantitative estimate of drug-likeness (QED) is 0.859. The van der Waals surface area contributed by atoms with E-state index in [1.165, 1.54) is 12.1 Å². The van der Waals surface area contributed by atoms with E-state index in [1.807, 2.05) is 13.0 Å². The van der Waals surface area contributed by atoms with Gasteiger partial charge in [0.1, 0.15) is 23.5 Å². The third-order valence-electron chi connectivity index (χ3n) is 4.31. The summed E-state index contributed by atoms with van der Waals surface area (Å²) < 4.78 is 13.0. The van der Waals surface area contributed by atoms with Gasteiger partial charge in [-0.25, -0.2) is 14.4 Å². The molecule has 1 atom stereocenters. The predicted octanol–water partition coefficient (Wildman–Crippen LogP) is 2.29. The van der Waals surface area contributed by atoms with Gasteiger partial charge in [-0.2, -0.15) is 0 Å². The molecule has 1 saturated heterocycles. The summed E-state index contributed by atoms with van der Waals surface area (Å²) in [7, 11) is 0. The summed E-state index contributed by atoms with van der Waals surface area (Å²) in [5.41, 5.74) is 1.61. The molecular weight excluding hydrogens is 333 g/mol. The Morgan fingerprint density at radius 3 is 2.85 bits per heavy atom. The number of aryl methyl sites for hydroxylation is 2. The van der Waals surface area contributed by atoms with Crippen LogP contribution in [0.1, 0.15) is 24.9 Å². The molecule has 0 bridgehead atoms. The number of benzene rings is 1. The molecule has 2 heterocycles. The molecule has 1 aliphatic heterocycles. The van der Waals surface area contributed by atoms with Gasteiger partial charge in [0.2, 0.25) is 5.91 Å². The van der Waals surface area contributed by atoms with Crippen LogP contribution in [0.4, 0.5) is 15.9 Å². The van der Waals surface area contributed by atoms with Gasteiger partial charge in [-0.05, 0) is 37.6 Å². The van der Waals surface area contributed by atoms with Crippen molar-refractivity contribution in [2.45, 2.75) is 32.7 Å². The Balaban J connectivity index is 1.68. The van der Waals surface area contributed by atoms with E-state index in [4.69, 9.17) is 0 Å². The van der Waals surface area contributed by atoms with E-state index in [0.29, 0.717) is 18.8 Å². The van der Waals surface area contributed by atoms with E-state index in [2.05, 4.69) is 32.4 Å². The van der Waals surface area contributed by atoms with Crippen molar-refractivity contribution in [2.75, 3.05) is 29.9 Å². The molecule has 1 fully saturated rings. The zero-order chi connectivity index (χ0) is 18.5. The van der Waals surface area contributed by atoms with Crippen LogP contribution < -0.4 is 15.5 Å². The number of piperazine rings is 1. The highest BCUT2D eigenvalue weighted by molar-refractivity contribution is 5.95. The van der Waals surface area contributed by atoms with Crippen LogP contribution in [0.25, 0.3) is 0 Å². The minimum absolute atomic E-state index is 0.138. The van der Waals surface area contributed by atoms with Gasteiger partial charge in [-0.1, -0.05) is 13.3 Å². The molecule has 1 aliphatic rings. The second kappa shape index (κ2) is 8.23. The van der Waals surface area contributed by atoms with Crippen LogP contribution in [-0.2, 0) is 11.2 Å². The monoisotopic (exact) mass is 357 g/mol. The second-order valence-electron chi connectivity index (χ2n) is 6.46. The number of hydrogen-bond donors (Lipinski definition) is 2. The summed E-state index contributed by atoms with van der Waals surface area (Å²) in [4.78, 5) is 23.7. The van der Waals surface area contributed by atoms with Gasteiger partial charge in [-0.3, -0.25) is 4.79 Å². The number of hydrogen-bond acceptors (Lipinski definition) is 5. The summed E-state index contributed by atoms with van der Waals surface area (Å²) in [5.74, 6) is 1.15. The molecular formula is C19H24FN5O. The van der Waals surface area contributed by atoms with Gasteiger partial charge >= 0.3 is 0 Å². The first-order valence-electron chi connectivity index (χ1n) is 8.94. The van der Waals surface area contributed by atoms with Gasteiger partial charge in [0.05, 0.1) is 0 Å². The van der Waals surface area contributed by atoms with Crippen molar-refractivity contribution in [1.29, 1.82) is 0 Å². The lowest BCUT2D eigenvalue weighted by Crippen LogP contribution is -2.56. The number of carbonyl (C=O) groups is 1. The topological polar surface area (TPSA) is 70.2 Å². The van der Waals surface area contributed by atoms with E-state index in [-0.39, 0.29) is 17.8 Å². The largest absolute Gasteiger partial charge is 0.353 e. The minimum atomic E-state index is -0.362. The van der Waals surface area contributed by atoms with Gasteiger partial charge in [-0.15, -0.1) is 0 Å². The van der Waals surface area contributed by atoms with Gasteiger partial charge in [0, 0.05) is 37.1 Å². The van der Waals surface area contributed by atoms with Gasteiger partial charge < -0.3 is 15.5 Å². The molecule has 26 heavy (non-hydrogen) atoms. The number of amides is 1. The van der Waals surface area contributed by atoms with Crippen molar-refractivity contribution in [3.63, 3.8) is 0 Å². The van der Waals surface area contributed by atoms with Crippen molar-refractivity contribution in [3.8, 4) is 0 Å². The van der Waals surface area contributed by atoms with Crippen molar-refractivity contribution in [2.24, 2.45) is 0 Å². The highest BCUT2D eigenvalue weighted by atomic mass is 19.1. The Bertz CT molecular complexity index is 765. The van der Waals surface area contributed by atoms with Crippen molar-refractivity contribution < 1.29 is 9.18 Å². The SMILES string of the molecule is CCCc1cc(N2CCN[C@@H](C(=O)Nc3ccc(F)cc3)C2)nc(C)n1. The molecule has 7 heteroatoms. The molecule has 3 rings (SSSR count). The molecule has 6 nitrogen and oxygen atoms in total. The molecule has 0 unspecified atom stereocenters. The van der Waals surface area contributed by atoms with Crippen molar-refractivity contribution >= 4 is 17.4 Å². The van der Waals surface area contributed by atoms with Crippen LogP contribution in [0, 0.1) is 12.7 Å². The normalized spacial score (nSPS) is 17.2. The zero-order valence-electron chi connectivity index (χ0n) is 15.1. The van der Waals surface area contributed by atoms with Crippen LogP contribution in [-0.4, -0.2) is 41.6 Å². The minimum Gasteiger partial charge on any atom is -0.353 e. The molecule has 138 valence electrons. The standard InChI is InChI=1S/C19H24FN5O/c1-3-4-16-11-18(23-13(2)22-16)25-10-9-21-17(12-25)19(26)24-15-7-5-14(20)6-8-15/h5-8,11,17,21H,3-4,9-10,12H2,1-2H3,(H,24,26)/t17-/m1/s1. The average Bonchev–Trinajstić information content (AvgIpc) is 2.63. The highest BCUT2D eigenvalue weighted by Crippen LogP contribution is 2.17. The maximum absolute atomic E-state index is 13.0. The third-order valence-corrected chi connectivity index (χ3v) is 4.31. The molecule has 2 aromatic rings. The van der Waals surface area contributed by atoms with Gasteiger partial charge in [0.25, 0.3) is 0 Å². The molecule has 0 aliphatic carbocycles. The van der Waals surface area contributed by atoms with E-state index in [1.54, 1.807) is 12.1 Å². The van der Waals surface area contributed by atoms with E-state index >= 15 is 0 Å². The van der Waals surface area contributed by atoms with Crippen molar-refractivity contribution in [3.05, 3.63) is 47.7 Å². The number of rotatable bonds is 5. The Morgan fingerprint density at radius 2 is 2.12 bits per heavy atom. The molecule has 2 N–H and O–H groups in total. The number of aromatic nitrogens is 2. The second-order valence-corrected chi connectivity index (χ2v) is 6.46. The number of anilines is 2. The Hall–Kier alpha value is -2.54. The smallest absolute Gasteiger partial charge is 0.243 e. The van der Waals surface area contributed by atoms with Crippen molar-refractivity contribution in [1.82, 2.24) is 15.3 Å². The van der Waals surface area contributed by atoms with Crippen LogP contribution in [0.3, 0.4) is 0 Å². The Kier molecular flexibility index (Phi) is 5.78. The summed E-state index contributed by atoms with van der Waals surface area (Å²) in [6.45, 7) is 6.01. The predicted molar refractivity (Wildman–Crippen MR) is 99.8 cm³/mol. The first kappa shape index (κ1) is 18.3. The third kappa shape index (κ3) is 4.54. The summed E-state index contributed by atoms with van der Waals surface area (Å²) >= 11 is 0. The molecule has 0 radical (unpaired) electrons. The summed E-state index contributed by atoms with van der Waals surface area (Å²) in [5, 5.41) is 6.06. The fourth-order valence-corrected chi connectivity index (χ4v) is 3.05. The number of nitrogens with zero attached hydrogens (tertiary/aromatic N) is 3. The lowest BCUT2D eigenvalue weighted by atomic mass is 10.1. The first-order valence-corrected chi connectivity index (χ1v) is 8.94. The molecule has 1 aromatic carbocycles. The lowest BCUT2D eigenvalue weighted by molar-refractivity contribution is -0.118. The summed E-state index contributed by atoms with van der Waals surface area (Å²) in [6.07, 6.45) is 1.94. The van der Waals surface area contributed by atoms with Crippen LogP contribution in [0.15, 0.2) is 30.3 Å². The maximum Gasteiger partial charge on any atom is 0.243 e. The number of nitrogens with one attached hydrogen (secondary N) is 2. The fourth-order valence-electron chi connectivity index (χ4n) is 3.05. The Labute approximate surface area is 152 Å². The van der Waals surface area contributed by atoms with Crippen LogP contribution in [0.5, 0.6) is 0 Å².